The maximum absolute atomic E-state index is 13.0. The first-order valence-corrected chi connectivity index (χ1v) is 11.1. The maximum Gasteiger partial charge on any atom is 0.411 e. The zero-order chi connectivity index (χ0) is 24.6. The highest BCUT2D eigenvalue weighted by atomic mass is 16.4. The Bertz CT molecular complexity index is 761. The molecule has 0 unspecified atom stereocenters. The number of rotatable bonds is 15. The van der Waals surface area contributed by atoms with E-state index in [0.717, 1.165) is 12.0 Å². The van der Waals surface area contributed by atoms with Crippen molar-refractivity contribution in [2.75, 3.05) is 13.1 Å². The molecule has 0 aliphatic carbocycles. The van der Waals surface area contributed by atoms with Gasteiger partial charge in [-0.25, -0.2) is 4.79 Å². The minimum atomic E-state index is -1.52. The van der Waals surface area contributed by atoms with E-state index >= 15 is 0 Å². The molecule has 0 saturated carbocycles. The van der Waals surface area contributed by atoms with E-state index in [1.54, 1.807) is 35.6 Å². The van der Waals surface area contributed by atoms with Gasteiger partial charge in [0.05, 0.1) is 6.04 Å². The fourth-order valence-electron chi connectivity index (χ4n) is 3.20. The van der Waals surface area contributed by atoms with Gasteiger partial charge in [-0.2, -0.15) is 0 Å². The molecule has 0 bridgehead atoms. The summed E-state index contributed by atoms with van der Waals surface area (Å²) in [5.74, 6) is -1.95. The molecule has 3 atom stereocenters. The zero-order valence-electron chi connectivity index (χ0n) is 18.8. The van der Waals surface area contributed by atoms with Crippen LogP contribution in [0.25, 0.3) is 0 Å². The molecule has 0 radical (unpaired) electrons. The van der Waals surface area contributed by atoms with Gasteiger partial charge in [0.25, 0.3) is 5.91 Å². The molecular formula is C22H36N6O5. The summed E-state index contributed by atoms with van der Waals surface area (Å²) in [5.41, 5.74) is 17.7. The minimum Gasteiger partial charge on any atom is -0.465 e. The second-order valence-electron chi connectivity index (χ2n) is 7.78. The third kappa shape index (κ3) is 11.4. The van der Waals surface area contributed by atoms with E-state index < -0.39 is 41.9 Å². The SMILES string of the molecule is NCCCC[C@H](NC(=O)[C@@H](N)CCCCN)C(=O)N[C@@H](Cc1ccccc1)C(=O)NC(=O)O. The molecule has 11 heteroatoms. The fourth-order valence-corrected chi connectivity index (χ4v) is 3.20. The quantitative estimate of drug-likeness (QED) is 0.169. The van der Waals surface area contributed by atoms with Gasteiger partial charge in [-0.05, 0) is 50.8 Å². The van der Waals surface area contributed by atoms with Crippen LogP contribution in [0.1, 0.15) is 44.1 Å². The van der Waals surface area contributed by atoms with Crippen LogP contribution in [0.15, 0.2) is 30.3 Å². The van der Waals surface area contributed by atoms with Crippen molar-refractivity contribution in [1.82, 2.24) is 16.0 Å². The lowest BCUT2D eigenvalue weighted by molar-refractivity contribution is -0.132. The van der Waals surface area contributed by atoms with E-state index in [2.05, 4.69) is 10.6 Å². The molecule has 0 heterocycles. The predicted octanol–water partition coefficient (Wildman–Crippen LogP) is -0.422. The minimum absolute atomic E-state index is 0.0771. The molecule has 0 aliphatic heterocycles. The average Bonchev–Trinajstić information content (AvgIpc) is 2.78. The highest BCUT2D eigenvalue weighted by Crippen LogP contribution is 2.07. The molecule has 4 amide bonds. The van der Waals surface area contributed by atoms with E-state index in [4.69, 9.17) is 22.3 Å². The Kier molecular flexibility index (Phi) is 13.4. The third-order valence-corrected chi connectivity index (χ3v) is 5.03. The van der Waals surface area contributed by atoms with Crippen LogP contribution < -0.4 is 33.2 Å². The van der Waals surface area contributed by atoms with E-state index in [1.165, 1.54) is 0 Å². The topological polar surface area (TPSA) is 203 Å². The number of hydrogen-bond donors (Lipinski definition) is 7. The summed E-state index contributed by atoms with van der Waals surface area (Å²) < 4.78 is 0. The Morgan fingerprint density at radius 3 is 1.94 bits per heavy atom. The number of unbranched alkanes of at least 4 members (excludes halogenated alkanes) is 2. The Balaban J connectivity index is 2.92. The molecule has 33 heavy (non-hydrogen) atoms. The molecule has 184 valence electrons. The fraction of sp³-hybridized carbons (Fsp3) is 0.545. The summed E-state index contributed by atoms with van der Waals surface area (Å²) in [6.45, 7) is 0.929. The number of carbonyl (C=O) groups is 4. The summed E-state index contributed by atoms with van der Waals surface area (Å²) in [6, 6.07) is 5.97. The average molecular weight is 465 g/mol. The van der Waals surface area contributed by atoms with Gasteiger partial charge < -0.3 is 32.9 Å². The van der Waals surface area contributed by atoms with Crippen LogP contribution in [0.3, 0.4) is 0 Å². The first-order valence-electron chi connectivity index (χ1n) is 11.1. The number of nitrogens with two attached hydrogens (primary N) is 3. The van der Waals surface area contributed by atoms with Gasteiger partial charge in [0.2, 0.25) is 11.8 Å². The molecule has 0 aliphatic rings. The summed E-state index contributed by atoms with van der Waals surface area (Å²) in [6.07, 6.45) is 1.92. The monoisotopic (exact) mass is 464 g/mol. The van der Waals surface area contributed by atoms with Crippen molar-refractivity contribution in [3.63, 3.8) is 0 Å². The number of amides is 4. The smallest absolute Gasteiger partial charge is 0.411 e. The van der Waals surface area contributed by atoms with Crippen molar-refractivity contribution in [3.8, 4) is 0 Å². The van der Waals surface area contributed by atoms with E-state index in [1.807, 2.05) is 0 Å². The second kappa shape index (κ2) is 15.7. The zero-order valence-corrected chi connectivity index (χ0v) is 18.8. The van der Waals surface area contributed by atoms with Gasteiger partial charge >= 0.3 is 6.09 Å². The maximum atomic E-state index is 13.0. The van der Waals surface area contributed by atoms with Gasteiger partial charge in [0.1, 0.15) is 12.1 Å². The van der Waals surface area contributed by atoms with Crippen molar-refractivity contribution in [2.24, 2.45) is 17.2 Å². The summed E-state index contributed by atoms with van der Waals surface area (Å²) in [4.78, 5) is 48.9. The highest BCUT2D eigenvalue weighted by Gasteiger charge is 2.28. The lowest BCUT2D eigenvalue weighted by Crippen LogP contribution is -2.56. The van der Waals surface area contributed by atoms with Crippen LogP contribution >= 0.6 is 0 Å². The van der Waals surface area contributed by atoms with Crippen molar-refractivity contribution in [3.05, 3.63) is 35.9 Å². The number of carbonyl (C=O) groups excluding carboxylic acids is 3. The molecule has 1 aromatic carbocycles. The Morgan fingerprint density at radius 2 is 1.36 bits per heavy atom. The normalized spacial score (nSPS) is 13.4. The van der Waals surface area contributed by atoms with E-state index in [9.17, 15) is 19.2 Å². The van der Waals surface area contributed by atoms with Crippen LogP contribution in [0, 0.1) is 0 Å². The lowest BCUT2D eigenvalue weighted by Gasteiger charge is -2.24. The second-order valence-corrected chi connectivity index (χ2v) is 7.78. The number of benzene rings is 1. The van der Waals surface area contributed by atoms with Crippen molar-refractivity contribution >= 4 is 23.8 Å². The van der Waals surface area contributed by atoms with Gasteiger partial charge in [0.15, 0.2) is 0 Å². The van der Waals surface area contributed by atoms with Gasteiger partial charge in [-0.15, -0.1) is 0 Å². The van der Waals surface area contributed by atoms with Crippen LogP contribution in [0.4, 0.5) is 4.79 Å². The first kappa shape index (κ1) is 28.0. The largest absolute Gasteiger partial charge is 0.465 e. The van der Waals surface area contributed by atoms with Crippen LogP contribution in [0.5, 0.6) is 0 Å². The summed E-state index contributed by atoms with van der Waals surface area (Å²) in [5, 5.41) is 15.9. The van der Waals surface area contributed by atoms with Crippen LogP contribution in [0.2, 0.25) is 0 Å². The van der Waals surface area contributed by atoms with Crippen LogP contribution in [-0.4, -0.2) is 60.1 Å². The summed E-state index contributed by atoms with van der Waals surface area (Å²) in [7, 11) is 0. The molecular weight excluding hydrogens is 428 g/mol. The number of hydrogen-bond acceptors (Lipinski definition) is 7. The number of imide groups is 1. The molecule has 0 saturated heterocycles. The highest BCUT2D eigenvalue weighted by molar-refractivity contribution is 5.97. The Hall–Kier alpha value is -3.02. The van der Waals surface area contributed by atoms with Gasteiger partial charge in [-0.3, -0.25) is 19.7 Å². The first-order chi connectivity index (χ1) is 15.8. The number of nitrogens with one attached hydrogen (secondary N) is 3. The lowest BCUT2D eigenvalue weighted by atomic mass is 10.0. The van der Waals surface area contributed by atoms with Gasteiger partial charge in [0, 0.05) is 6.42 Å². The standard InChI is InChI=1S/C22H36N6O5/c23-12-6-4-10-16(25)19(29)26-17(11-5-7-13-24)20(30)27-18(21(31)28-22(32)33)14-15-8-2-1-3-9-15/h1-3,8-9,16-18H,4-7,10-14,23-25H2,(H,26,29)(H,27,30)(H,28,31)(H,32,33)/t16-,17-,18-/m0/s1. The number of carboxylic acid groups (broad SMARTS) is 1. The molecule has 10 N–H and O–H groups in total. The molecule has 1 aromatic rings. The van der Waals surface area contributed by atoms with E-state index in [-0.39, 0.29) is 6.42 Å². The van der Waals surface area contributed by atoms with Crippen molar-refractivity contribution in [2.45, 2.75) is 63.1 Å². The van der Waals surface area contributed by atoms with E-state index in [0.29, 0.717) is 45.2 Å². The molecule has 11 nitrogen and oxygen atoms in total. The molecule has 0 fully saturated rings. The molecule has 0 spiro atoms. The van der Waals surface area contributed by atoms with Gasteiger partial charge in [-0.1, -0.05) is 36.8 Å². The van der Waals surface area contributed by atoms with Crippen molar-refractivity contribution < 1.29 is 24.3 Å². The predicted molar refractivity (Wildman–Crippen MR) is 124 cm³/mol. The molecule has 0 aromatic heterocycles. The Morgan fingerprint density at radius 1 is 0.788 bits per heavy atom. The summed E-state index contributed by atoms with van der Waals surface area (Å²) >= 11 is 0. The Labute approximate surface area is 193 Å². The van der Waals surface area contributed by atoms with Crippen molar-refractivity contribution in [1.29, 1.82) is 0 Å². The third-order valence-electron chi connectivity index (χ3n) is 5.03. The molecule has 1 rings (SSSR count). The van der Waals surface area contributed by atoms with Crippen LogP contribution in [-0.2, 0) is 20.8 Å².